The zero-order valence-corrected chi connectivity index (χ0v) is 12.8. The van der Waals surface area contributed by atoms with Gasteiger partial charge in [0, 0.05) is 22.6 Å². The number of benzene rings is 1. The van der Waals surface area contributed by atoms with Crippen LogP contribution in [-0.2, 0) is 0 Å². The highest BCUT2D eigenvalue weighted by Crippen LogP contribution is 2.33. The van der Waals surface area contributed by atoms with Gasteiger partial charge in [0.2, 0.25) is 0 Å². The summed E-state index contributed by atoms with van der Waals surface area (Å²) >= 11 is 2.13. The van der Waals surface area contributed by atoms with Crippen molar-refractivity contribution in [2.75, 3.05) is 19.9 Å². The first-order valence-corrected chi connectivity index (χ1v) is 8.31. The lowest BCUT2D eigenvalue weighted by molar-refractivity contribution is 0.404. The minimum Gasteiger partial charge on any atom is -0.496 e. The summed E-state index contributed by atoms with van der Waals surface area (Å²) in [5.41, 5.74) is 1.27. The number of methoxy groups -OCH3 is 1. The Morgan fingerprint density at radius 1 is 1.26 bits per heavy atom. The maximum atomic E-state index is 5.47. The van der Waals surface area contributed by atoms with Crippen molar-refractivity contribution >= 4 is 11.8 Å². The summed E-state index contributed by atoms with van der Waals surface area (Å²) in [5.74, 6) is 2.12. The maximum Gasteiger partial charge on any atom is 0.123 e. The van der Waals surface area contributed by atoms with E-state index < -0.39 is 0 Å². The fourth-order valence-corrected chi connectivity index (χ4v) is 4.22. The molecule has 1 saturated carbocycles. The Morgan fingerprint density at radius 2 is 2.00 bits per heavy atom. The predicted molar refractivity (Wildman–Crippen MR) is 84.1 cm³/mol. The van der Waals surface area contributed by atoms with Crippen LogP contribution in [0.3, 0.4) is 0 Å². The number of rotatable bonds is 6. The molecule has 0 heterocycles. The van der Waals surface area contributed by atoms with Crippen molar-refractivity contribution < 1.29 is 4.74 Å². The van der Waals surface area contributed by atoms with Gasteiger partial charge in [0.15, 0.2) is 0 Å². The van der Waals surface area contributed by atoms with E-state index in [0.29, 0.717) is 6.04 Å². The molecule has 0 amide bonds. The first-order valence-electron chi connectivity index (χ1n) is 7.27. The lowest BCUT2D eigenvalue weighted by Crippen LogP contribution is -2.21. The van der Waals surface area contributed by atoms with Crippen LogP contribution in [0.2, 0.25) is 0 Å². The lowest BCUT2D eigenvalue weighted by atomic mass is 10.0. The van der Waals surface area contributed by atoms with Crippen molar-refractivity contribution in [3.8, 4) is 5.75 Å². The van der Waals surface area contributed by atoms with E-state index >= 15 is 0 Å². The van der Waals surface area contributed by atoms with Crippen LogP contribution < -0.4 is 10.1 Å². The van der Waals surface area contributed by atoms with E-state index in [1.807, 2.05) is 19.2 Å². The Bertz CT molecular complexity index is 377. The smallest absolute Gasteiger partial charge is 0.123 e. The van der Waals surface area contributed by atoms with Gasteiger partial charge in [0.25, 0.3) is 0 Å². The Balaban J connectivity index is 1.95. The zero-order chi connectivity index (χ0) is 13.5. The van der Waals surface area contributed by atoms with Crippen LogP contribution in [-0.4, -0.2) is 25.2 Å². The highest BCUT2D eigenvalue weighted by molar-refractivity contribution is 7.99. The Morgan fingerprint density at radius 3 is 2.68 bits per heavy atom. The van der Waals surface area contributed by atoms with Crippen molar-refractivity contribution in [2.45, 2.75) is 43.4 Å². The Hall–Kier alpha value is -0.670. The summed E-state index contributed by atoms with van der Waals surface area (Å²) in [6, 6.07) is 8.71. The fourth-order valence-electron chi connectivity index (χ4n) is 2.75. The van der Waals surface area contributed by atoms with Gasteiger partial charge in [0.05, 0.1) is 7.11 Å². The van der Waals surface area contributed by atoms with Crippen LogP contribution in [0, 0.1) is 0 Å². The number of ether oxygens (including phenoxy) is 1. The third kappa shape index (κ3) is 4.15. The molecule has 19 heavy (non-hydrogen) atoms. The quantitative estimate of drug-likeness (QED) is 0.849. The molecule has 2 nitrogen and oxygen atoms in total. The molecule has 0 bridgehead atoms. The van der Waals surface area contributed by atoms with E-state index in [-0.39, 0.29) is 0 Å². The van der Waals surface area contributed by atoms with E-state index in [1.54, 1.807) is 7.11 Å². The first-order chi connectivity index (χ1) is 9.35. The third-order valence-corrected chi connectivity index (χ3v) is 5.38. The summed E-state index contributed by atoms with van der Waals surface area (Å²) in [7, 11) is 3.79. The van der Waals surface area contributed by atoms with Crippen molar-refractivity contribution in [3.05, 3.63) is 29.8 Å². The van der Waals surface area contributed by atoms with Gasteiger partial charge in [-0.05, 0) is 26.0 Å². The molecular weight excluding hydrogens is 254 g/mol. The summed E-state index contributed by atoms with van der Waals surface area (Å²) < 4.78 is 5.47. The maximum absolute atomic E-state index is 5.47. The number of thioether (sulfide) groups is 1. The molecule has 0 radical (unpaired) electrons. The van der Waals surface area contributed by atoms with Crippen LogP contribution >= 0.6 is 11.8 Å². The second-order valence-corrected chi connectivity index (χ2v) is 6.51. The summed E-state index contributed by atoms with van der Waals surface area (Å²) in [6.07, 6.45) is 7.05. The monoisotopic (exact) mass is 279 g/mol. The topological polar surface area (TPSA) is 21.3 Å². The van der Waals surface area contributed by atoms with Gasteiger partial charge >= 0.3 is 0 Å². The number of hydrogen-bond acceptors (Lipinski definition) is 3. The number of hydrogen-bond donors (Lipinski definition) is 1. The number of nitrogens with one attached hydrogen (secondary N) is 1. The largest absolute Gasteiger partial charge is 0.496 e. The molecule has 1 fully saturated rings. The molecule has 0 aromatic heterocycles. The summed E-state index contributed by atoms with van der Waals surface area (Å²) in [4.78, 5) is 0. The molecule has 1 N–H and O–H groups in total. The van der Waals surface area contributed by atoms with Gasteiger partial charge in [-0.15, -0.1) is 0 Å². The molecule has 1 aromatic carbocycles. The van der Waals surface area contributed by atoms with Gasteiger partial charge in [-0.1, -0.05) is 37.5 Å². The Labute approximate surface area is 121 Å². The minimum absolute atomic E-state index is 0.378. The zero-order valence-electron chi connectivity index (χ0n) is 12.0. The van der Waals surface area contributed by atoms with Crippen molar-refractivity contribution in [3.63, 3.8) is 0 Å². The Kier molecular flexibility index (Phi) is 6.05. The normalized spacial score (nSPS) is 18.2. The van der Waals surface area contributed by atoms with Crippen molar-refractivity contribution in [2.24, 2.45) is 0 Å². The van der Waals surface area contributed by atoms with E-state index in [4.69, 9.17) is 4.74 Å². The van der Waals surface area contributed by atoms with Gasteiger partial charge < -0.3 is 10.1 Å². The average molecular weight is 279 g/mol. The molecule has 0 spiro atoms. The molecule has 1 aromatic rings. The van der Waals surface area contributed by atoms with E-state index in [9.17, 15) is 0 Å². The second-order valence-electron chi connectivity index (χ2n) is 5.18. The molecule has 2 rings (SSSR count). The summed E-state index contributed by atoms with van der Waals surface area (Å²) in [6.45, 7) is 0. The fraction of sp³-hybridized carbons (Fsp3) is 0.625. The van der Waals surface area contributed by atoms with E-state index in [2.05, 4.69) is 29.2 Å². The molecular formula is C16H25NOS. The predicted octanol–water partition coefficient (Wildman–Crippen LogP) is 4.02. The van der Waals surface area contributed by atoms with Crippen molar-refractivity contribution in [1.29, 1.82) is 0 Å². The van der Waals surface area contributed by atoms with Crippen LogP contribution in [0.25, 0.3) is 0 Å². The van der Waals surface area contributed by atoms with Crippen LogP contribution in [0.4, 0.5) is 0 Å². The lowest BCUT2D eigenvalue weighted by Gasteiger charge is -2.24. The van der Waals surface area contributed by atoms with Crippen LogP contribution in [0.5, 0.6) is 5.75 Å². The molecule has 0 aliphatic heterocycles. The highest BCUT2D eigenvalue weighted by Gasteiger charge is 2.18. The van der Waals surface area contributed by atoms with E-state index in [0.717, 1.165) is 16.8 Å². The van der Waals surface area contributed by atoms with Gasteiger partial charge in [-0.25, -0.2) is 0 Å². The molecule has 1 atom stereocenters. The standard InChI is InChI=1S/C16H25NOS/c1-17-15(12-19-13-8-4-3-5-9-13)14-10-6-7-11-16(14)18-2/h6-7,10-11,13,15,17H,3-5,8-9,12H2,1-2H3. The number of para-hydroxylation sites is 1. The highest BCUT2D eigenvalue weighted by atomic mass is 32.2. The molecule has 0 saturated heterocycles. The first kappa shape index (κ1) is 14.7. The van der Waals surface area contributed by atoms with Gasteiger partial charge in [-0.3, -0.25) is 0 Å². The van der Waals surface area contributed by atoms with Crippen LogP contribution in [0.1, 0.15) is 43.7 Å². The molecule has 3 heteroatoms. The molecule has 1 aliphatic rings. The minimum atomic E-state index is 0.378. The van der Waals surface area contributed by atoms with Gasteiger partial charge in [0.1, 0.15) is 5.75 Å². The van der Waals surface area contributed by atoms with E-state index in [1.165, 1.54) is 37.7 Å². The average Bonchev–Trinajstić information content (AvgIpc) is 2.49. The second kappa shape index (κ2) is 7.81. The van der Waals surface area contributed by atoms with Gasteiger partial charge in [-0.2, -0.15) is 11.8 Å². The SMILES string of the molecule is CNC(CSC1CCCCC1)c1ccccc1OC. The summed E-state index contributed by atoms with van der Waals surface area (Å²) in [5, 5.41) is 4.29. The molecule has 106 valence electrons. The molecule has 1 unspecified atom stereocenters. The molecule has 1 aliphatic carbocycles. The van der Waals surface area contributed by atoms with Crippen LogP contribution in [0.15, 0.2) is 24.3 Å². The third-order valence-electron chi connectivity index (χ3n) is 3.91. The van der Waals surface area contributed by atoms with Crippen molar-refractivity contribution in [1.82, 2.24) is 5.32 Å².